The molecule has 0 amide bonds. The molecule has 0 spiro atoms. The Morgan fingerprint density at radius 3 is 2.23 bits per heavy atom. The first-order chi connectivity index (χ1) is 12.7. The van der Waals surface area contributed by atoms with Crippen LogP contribution in [0.25, 0.3) is 17.2 Å². The molecule has 1 aliphatic rings. The number of nitrogens with zero attached hydrogens (tertiary/aromatic N) is 1. The van der Waals surface area contributed by atoms with E-state index < -0.39 is 5.97 Å². The van der Waals surface area contributed by atoms with Gasteiger partial charge in [0.1, 0.15) is 0 Å². The zero-order valence-electron chi connectivity index (χ0n) is 13.7. The summed E-state index contributed by atoms with van der Waals surface area (Å²) in [4.78, 5) is 16.5. The fraction of sp³-hybridized carbons (Fsp3) is 0. The Kier molecular flexibility index (Phi) is 4.50. The van der Waals surface area contributed by atoms with E-state index in [1.165, 1.54) is 0 Å². The summed E-state index contributed by atoms with van der Waals surface area (Å²) in [6.45, 7) is 0. The molecule has 0 bridgehead atoms. The Morgan fingerprint density at radius 2 is 1.50 bits per heavy atom. The quantitative estimate of drug-likeness (QED) is 0.430. The molecular weight excluding hydrogens is 390 g/mol. The fourth-order valence-corrected chi connectivity index (χ4v) is 3.11. The van der Waals surface area contributed by atoms with E-state index in [4.69, 9.17) is 4.74 Å². The molecule has 3 aromatic carbocycles. The van der Waals surface area contributed by atoms with Crippen molar-refractivity contribution < 1.29 is 9.53 Å². The number of hydrogen-bond donors (Lipinski definition) is 0. The summed E-state index contributed by atoms with van der Waals surface area (Å²) in [7, 11) is 0. The van der Waals surface area contributed by atoms with Crippen LogP contribution in [0, 0.1) is 0 Å². The molecule has 0 radical (unpaired) electrons. The van der Waals surface area contributed by atoms with Gasteiger partial charge in [-0.3, -0.25) is 0 Å². The number of carbonyl (C=O) groups excluding carboxylic acids is 1. The number of esters is 1. The lowest BCUT2D eigenvalue weighted by molar-refractivity contribution is -0.129. The standard InChI is InChI=1S/C22H14BrNO2/c23-19-8-4-7-18(14-19)21-24-20(22(25)26-21)13-15-9-11-17(12-10-15)16-5-2-1-3-6-16/h1-14H. The second-order valence-electron chi connectivity index (χ2n) is 5.83. The first-order valence-corrected chi connectivity index (χ1v) is 8.92. The summed E-state index contributed by atoms with van der Waals surface area (Å²) < 4.78 is 6.21. The Balaban J connectivity index is 1.60. The average Bonchev–Trinajstić information content (AvgIpc) is 3.04. The van der Waals surface area contributed by atoms with Crippen molar-refractivity contribution in [1.29, 1.82) is 0 Å². The summed E-state index contributed by atoms with van der Waals surface area (Å²) in [5, 5.41) is 0. The van der Waals surface area contributed by atoms with E-state index in [0.29, 0.717) is 11.6 Å². The molecule has 26 heavy (non-hydrogen) atoms. The van der Waals surface area contributed by atoms with E-state index >= 15 is 0 Å². The van der Waals surface area contributed by atoms with Crippen LogP contribution in [0.5, 0.6) is 0 Å². The minimum atomic E-state index is -0.438. The van der Waals surface area contributed by atoms with Crippen molar-refractivity contribution in [2.24, 2.45) is 4.99 Å². The summed E-state index contributed by atoms with van der Waals surface area (Å²) >= 11 is 3.41. The van der Waals surface area contributed by atoms with Crippen molar-refractivity contribution in [3.05, 3.63) is 100 Å². The van der Waals surface area contributed by atoms with Gasteiger partial charge in [-0.2, -0.15) is 0 Å². The van der Waals surface area contributed by atoms with E-state index in [1.807, 2.05) is 66.7 Å². The smallest absolute Gasteiger partial charge is 0.363 e. The first kappa shape index (κ1) is 16.5. The summed E-state index contributed by atoms with van der Waals surface area (Å²) in [6.07, 6.45) is 1.74. The third kappa shape index (κ3) is 3.51. The summed E-state index contributed by atoms with van der Waals surface area (Å²) in [5.74, 6) is -0.115. The van der Waals surface area contributed by atoms with E-state index in [9.17, 15) is 4.79 Å². The van der Waals surface area contributed by atoms with Crippen LogP contribution in [-0.2, 0) is 9.53 Å². The van der Waals surface area contributed by atoms with Gasteiger partial charge in [0.05, 0.1) is 0 Å². The molecule has 0 unspecified atom stereocenters. The van der Waals surface area contributed by atoms with Gasteiger partial charge in [-0.05, 0) is 41.0 Å². The van der Waals surface area contributed by atoms with Crippen LogP contribution in [0.4, 0.5) is 0 Å². The van der Waals surface area contributed by atoms with Gasteiger partial charge in [0.2, 0.25) is 5.90 Å². The van der Waals surface area contributed by atoms with Gasteiger partial charge in [-0.15, -0.1) is 0 Å². The highest BCUT2D eigenvalue weighted by atomic mass is 79.9. The first-order valence-electron chi connectivity index (χ1n) is 8.13. The van der Waals surface area contributed by atoms with Gasteiger partial charge in [0, 0.05) is 10.0 Å². The molecule has 0 N–H and O–H groups in total. The molecule has 0 fully saturated rings. The largest absolute Gasteiger partial charge is 0.402 e. The number of benzene rings is 3. The highest BCUT2D eigenvalue weighted by molar-refractivity contribution is 9.10. The van der Waals surface area contributed by atoms with Gasteiger partial charge < -0.3 is 4.74 Å². The topological polar surface area (TPSA) is 38.7 Å². The fourth-order valence-electron chi connectivity index (χ4n) is 2.71. The number of aliphatic imine (C=N–C) groups is 1. The summed E-state index contributed by atoms with van der Waals surface area (Å²) in [6, 6.07) is 25.6. The third-order valence-corrected chi connectivity index (χ3v) is 4.51. The molecular formula is C22H14BrNO2. The third-order valence-electron chi connectivity index (χ3n) is 4.01. The minimum Gasteiger partial charge on any atom is -0.402 e. The number of carbonyl (C=O) groups is 1. The summed E-state index contributed by atoms with van der Waals surface area (Å²) in [5.41, 5.74) is 4.24. The maximum Gasteiger partial charge on any atom is 0.363 e. The Morgan fingerprint density at radius 1 is 0.808 bits per heavy atom. The van der Waals surface area contributed by atoms with E-state index in [2.05, 4.69) is 33.1 Å². The van der Waals surface area contributed by atoms with Crippen molar-refractivity contribution in [2.75, 3.05) is 0 Å². The second-order valence-corrected chi connectivity index (χ2v) is 6.75. The molecule has 4 heteroatoms. The molecule has 1 heterocycles. The van der Waals surface area contributed by atoms with Crippen molar-refractivity contribution >= 4 is 33.9 Å². The van der Waals surface area contributed by atoms with E-state index in [0.717, 1.165) is 26.7 Å². The van der Waals surface area contributed by atoms with Crippen LogP contribution in [0.3, 0.4) is 0 Å². The molecule has 0 aliphatic carbocycles. The van der Waals surface area contributed by atoms with E-state index in [-0.39, 0.29) is 0 Å². The lowest BCUT2D eigenvalue weighted by Crippen LogP contribution is -2.05. The molecule has 0 saturated carbocycles. The molecule has 4 rings (SSSR count). The lowest BCUT2D eigenvalue weighted by atomic mass is 10.0. The lowest BCUT2D eigenvalue weighted by Gasteiger charge is -2.01. The molecule has 3 aromatic rings. The maximum absolute atomic E-state index is 12.1. The SMILES string of the molecule is O=C1OC(c2cccc(Br)c2)=NC1=Cc1ccc(-c2ccccc2)cc1. The van der Waals surface area contributed by atoms with Crippen LogP contribution in [0.15, 0.2) is 94.0 Å². The van der Waals surface area contributed by atoms with Gasteiger partial charge in [-0.1, -0.05) is 76.6 Å². The van der Waals surface area contributed by atoms with Crippen LogP contribution >= 0.6 is 15.9 Å². The molecule has 0 saturated heterocycles. The monoisotopic (exact) mass is 403 g/mol. The second kappa shape index (κ2) is 7.10. The van der Waals surface area contributed by atoms with Gasteiger partial charge in [0.15, 0.2) is 5.70 Å². The molecule has 0 aromatic heterocycles. The Bertz CT molecular complexity index is 1020. The normalized spacial score (nSPS) is 15.0. The predicted octanol–water partition coefficient (Wildman–Crippen LogP) is 5.46. The highest BCUT2D eigenvalue weighted by Gasteiger charge is 2.24. The average molecular weight is 404 g/mol. The molecule has 1 aliphatic heterocycles. The van der Waals surface area contributed by atoms with Crippen LogP contribution in [0.1, 0.15) is 11.1 Å². The predicted molar refractivity (Wildman–Crippen MR) is 107 cm³/mol. The van der Waals surface area contributed by atoms with Crippen molar-refractivity contribution in [1.82, 2.24) is 0 Å². The Labute approximate surface area is 159 Å². The van der Waals surface area contributed by atoms with Gasteiger partial charge in [0.25, 0.3) is 0 Å². The Hall–Kier alpha value is -2.98. The van der Waals surface area contributed by atoms with Crippen LogP contribution in [0.2, 0.25) is 0 Å². The van der Waals surface area contributed by atoms with Crippen molar-refractivity contribution in [3.8, 4) is 11.1 Å². The zero-order chi connectivity index (χ0) is 17.9. The number of rotatable bonds is 3. The molecule has 0 atom stereocenters. The zero-order valence-corrected chi connectivity index (χ0v) is 15.3. The van der Waals surface area contributed by atoms with Crippen LogP contribution in [-0.4, -0.2) is 11.9 Å². The number of halogens is 1. The van der Waals surface area contributed by atoms with Crippen LogP contribution < -0.4 is 0 Å². The number of ether oxygens (including phenoxy) is 1. The number of hydrogen-bond acceptors (Lipinski definition) is 3. The number of cyclic esters (lactones) is 1. The van der Waals surface area contributed by atoms with Crippen molar-refractivity contribution in [3.63, 3.8) is 0 Å². The highest BCUT2D eigenvalue weighted by Crippen LogP contribution is 2.23. The van der Waals surface area contributed by atoms with Crippen molar-refractivity contribution in [2.45, 2.75) is 0 Å². The maximum atomic E-state index is 12.1. The van der Waals surface area contributed by atoms with Gasteiger partial charge >= 0.3 is 5.97 Å². The van der Waals surface area contributed by atoms with E-state index in [1.54, 1.807) is 6.08 Å². The molecule has 3 nitrogen and oxygen atoms in total. The van der Waals surface area contributed by atoms with Gasteiger partial charge in [-0.25, -0.2) is 9.79 Å². The molecule has 126 valence electrons. The minimum absolute atomic E-state index is 0.299.